The molecule has 0 radical (unpaired) electrons. The zero-order valence-electron chi connectivity index (χ0n) is 18.6. The highest BCUT2D eigenvalue weighted by molar-refractivity contribution is 5.97. The van der Waals surface area contributed by atoms with Crippen LogP contribution in [-0.4, -0.2) is 66.1 Å². The van der Waals surface area contributed by atoms with Gasteiger partial charge in [-0.3, -0.25) is 4.79 Å². The van der Waals surface area contributed by atoms with Crippen molar-refractivity contribution in [3.05, 3.63) is 29.8 Å². The molecule has 3 heterocycles. The smallest absolute Gasteiger partial charge is 0.257 e. The molecule has 1 aromatic carbocycles. The zero-order valence-corrected chi connectivity index (χ0v) is 18.6. The molecule has 3 aliphatic heterocycles. The summed E-state index contributed by atoms with van der Waals surface area (Å²) in [7, 11) is 1.60. The van der Waals surface area contributed by atoms with Crippen LogP contribution in [0.15, 0.2) is 24.3 Å². The van der Waals surface area contributed by atoms with Crippen molar-refractivity contribution in [3.63, 3.8) is 0 Å². The minimum atomic E-state index is -0.835. The van der Waals surface area contributed by atoms with E-state index >= 15 is 0 Å². The molecule has 4 rings (SSSR count). The number of para-hydroxylation sites is 1. The number of nitrogens with zero attached hydrogens (tertiary/aromatic N) is 1. The fourth-order valence-corrected chi connectivity index (χ4v) is 5.30. The Morgan fingerprint density at radius 2 is 1.93 bits per heavy atom. The van der Waals surface area contributed by atoms with Crippen LogP contribution in [0.2, 0.25) is 0 Å². The molecule has 1 spiro atoms. The van der Waals surface area contributed by atoms with Gasteiger partial charge in [0, 0.05) is 13.1 Å². The maximum Gasteiger partial charge on any atom is 0.257 e. The van der Waals surface area contributed by atoms with E-state index in [-0.39, 0.29) is 29.1 Å². The summed E-state index contributed by atoms with van der Waals surface area (Å²) in [5.74, 6) is 0.664. The summed E-state index contributed by atoms with van der Waals surface area (Å²) < 4.78 is 18.0. The fraction of sp³-hybridized carbons (Fsp3) is 0.708. The first-order valence-electron chi connectivity index (χ1n) is 11.1. The van der Waals surface area contributed by atoms with E-state index in [9.17, 15) is 9.90 Å². The van der Waals surface area contributed by atoms with Crippen LogP contribution in [0.1, 0.15) is 63.2 Å². The lowest BCUT2D eigenvalue weighted by molar-refractivity contribution is -0.155. The summed E-state index contributed by atoms with van der Waals surface area (Å²) >= 11 is 0. The van der Waals surface area contributed by atoms with Gasteiger partial charge >= 0.3 is 0 Å². The molecule has 30 heavy (non-hydrogen) atoms. The van der Waals surface area contributed by atoms with Crippen LogP contribution in [0.25, 0.3) is 0 Å². The Hall–Kier alpha value is -1.63. The molecule has 1 amide bonds. The molecule has 1 N–H and O–H groups in total. The molecule has 1 aromatic rings. The number of piperidine rings is 1. The van der Waals surface area contributed by atoms with Gasteiger partial charge < -0.3 is 24.2 Å². The van der Waals surface area contributed by atoms with E-state index in [1.54, 1.807) is 7.11 Å². The lowest BCUT2D eigenvalue weighted by atomic mass is 9.74. The molecular weight excluding hydrogens is 382 g/mol. The van der Waals surface area contributed by atoms with Crippen molar-refractivity contribution in [3.8, 4) is 5.75 Å². The van der Waals surface area contributed by atoms with E-state index in [0.29, 0.717) is 11.3 Å². The number of hydrogen-bond donors (Lipinski definition) is 1. The molecule has 3 fully saturated rings. The maximum absolute atomic E-state index is 13.0. The van der Waals surface area contributed by atoms with E-state index in [0.717, 1.165) is 51.8 Å². The normalized spacial score (nSPS) is 31.3. The predicted molar refractivity (Wildman–Crippen MR) is 114 cm³/mol. The number of likely N-dealkylation sites (tertiary alicyclic amines) is 1. The maximum atomic E-state index is 13.0. The average molecular weight is 418 g/mol. The monoisotopic (exact) mass is 417 g/mol. The molecule has 0 aromatic heterocycles. The lowest BCUT2D eigenvalue weighted by Crippen LogP contribution is -2.45. The number of amides is 1. The standard InChI is InChI=1S/C24H35NO5/c1-22(2,27)19-9-10-23(3,30-19)20-15-24(16-29-20)11-13-25(14-12-24)21(26)17-7-5-6-8-18(17)28-4/h5-8,19-20,27H,9-16H2,1-4H3/t19-,20+,23+/m0/s1. The van der Waals surface area contributed by atoms with Crippen LogP contribution < -0.4 is 4.74 Å². The molecule has 6 nitrogen and oxygen atoms in total. The van der Waals surface area contributed by atoms with Crippen LogP contribution in [0.3, 0.4) is 0 Å². The van der Waals surface area contributed by atoms with Crippen LogP contribution in [-0.2, 0) is 9.47 Å². The second kappa shape index (κ2) is 7.81. The number of aliphatic hydroxyl groups is 1. The fourth-order valence-electron chi connectivity index (χ4n) is 5.30. The van der Waals surface area contributed by atoms with Gasteiger partial charge in [-0.15, -0.1) is 0 Å². The highest BCUT2D eigenvalue weighted by Crippen LogP contribution is 2.49. The summed E-state index contributed by atoms with van der Waals surface area (Å²) in [5, 5.41) is 10.3. The minimum Gasteiger partial charge on any atom is -0.496 e. The lowest BCUT2D eigenvalue weighted by Gasteiger charge is -2.39. The largest absolute Gasteiger partial charge is 0.496 e. The highest BCUT2D eigenvalue weighted by Gasteiger charge is 2.53. The van der Waals surface area contributed by atoms with Crippen molar-refractivity contribution in [1.29, 1.82) is 0 Å². The van der Waals surface area contributed by atoms with Gasteiger partial charge in [0.15, 0.2) is 0 Å². The Morgan fingerprint density at radius 1 is 1.23 bits per heavy atom. The van der Waals surface area contributed by atoms with Crippen molar-refractivity contribution >= 4 is 5.91 Å². The number of rotatable bonds is 4. The average Bonchev–Trinajstić information content (AvgIpc) is 3.33. The van der Waals surface area contributed by atoms with Crippen LogP contribution in [0.5, 0.6) is 5.75 Å². The van der Waals surface area contributed by atoms with Crippen molar-refractivity contribution in [2.75, 3.05) is 26.8 Å². The van der Waals surface area contributed by atoms with Crippen molar-refractivity contribution in [2.45, 2.75) is 76.3 Å². The Bertz CT molecular complexity index is 780. The zero-order chi connectivity index (χ0) is 21.6. The number of benzene rings is 1. The molecule has 3 aliphatic rings. The number of ether oxygens (including phenoxy) is 3. The van der Waals surface area contributed by atoms with Gasteiger partial charge in [-0.05, 0) is 70.4 Å². The van der Waals surface area contributed by atoms with E-state index < -0.39 is 5.60 Å². The molecule has 166 valence electrons. The van der Waals surface area contributed by atoms with Gasteiger partial charge in [0.05, 0.1) is 42.7 Å². The number of methoxy groups -OCH3 is 1. The number of carbonyl (C=O) groups excluding carboxylic acids is 1. The molecular formula is C24H35NO5. The quantitative estimate of drug-likeness (QED) is 0.813. The third-order valence-electron chi connectivity index (χ3n) is 7.44. The van der Waals surface area contributed by atoms with Crippen LogP contribution in [0, 0.1) is 5.41 Å². The van der Waals surface area contributed by atoms with Crippen molar-refractivity contribution in [2.24, 2.45) is 5.41 Å². The molecule has 0 saturated carbocycles. The van der Waals surface area contributed by atoms with Gasteiger partial charge in [0.1, 0.15) is 5.75 Å². The SMILES string of the molecule is COc1ccccc1C(=O)N1CCC2(CC1)CO[C@@H]([C@@]1(C)CC[C@@H](C(C)(C)O)O1)C2. The summed E-state index contributed by atoms with van der Waals surface area (Å²) in [5.41, 5.74) is -0.445. The molecule has 3 saturated heterocycles. The molecule has 0 aliphatic carbocycles. The summed E-state index contributed by atoms with van der Waals surface area (Å²) in [6.45, 7) is 7.95. The predicted octanol–water partition coefficient (Wildman–Crippen LogP) is 3.42. The van der Waals surface area contributed by atoms with E-state index in [1.807, 2.05) is 43.0 Å². The number of carbonyl (C=O) groups is 1. The van der Waals surface area contributed by atoms with Crippen LogP contribution >= 0.6 is 0 Å². The molecule has 0 bridgehead atoms. The molecule has 6 heteroatoms. The third-order valence-corrected chi connectivity index (χ3v) is 7.44. The van der Waals surface area contributed by atoms with Gasteiger partial charge in [0.25, 0.3) is 5.91 Å². The Morgan fingerprint density at radius 3 is 2.57 bits per heavy atom. The second-order valence-electron chi connectivity index (χ2n) is 10.1. The first-order chi connectivity index (χ1) is 14.2. The molecule has 3 atom stereocenters. The molecule has 0 unspecified atom stereocenters. The second-order valence-corrected chi connectivity index (χ2v) is 10.1. The summed E-state index contributed by atoms with van der Waals surface area (Å²) in [6.07, 6.45) is 4.49. The minimum absolute atomic E-state index is 0.0388. The van der Waals surface area contributed by atoms with Crippen molar-refractivity contribution < 1.29 is 24.1 Å². The van der Waals surface area contributed by atoms with Crippen molar-refractivity contribution in [1.82, 2.24) is 4.90 Å². The van der Waals surface area contributed by atoms with Gasteiger partial charge in [0.2, 0.25) is 0 Å². The van der Waals surface area contributed by atoms with Gasteiger partial charge in [-0.2, -0.15) is 0 Å². The van der Waals surface area contributed by atoms with Gasteiger partial charge in [-0.1, -0.05) is 12.1 Å². The van der Waals surface area contributed by atoms with E-state index in [2.05, 4.69) is 6.92 Å². The first-order valence-corrected chi connectivity index (χ1v) is 11.1. The summed E-state index contributed by atoms with van der Waals surface area (Å²) in [6, 6.07) is 7.42. The Labute approximate surface area is 179 Å². The highest BCUT2D eigenvalue weighted by atomic mass is 16.6. The summed E-state index contributed by atoms with van der Waals surface area (Å²) in [4.78, 5) is 14.9. The van der Waals surface area contributed by atoms with E-state index in [4.69, 9.17) is 14.2 Å². The van der Waals surface area contributed by atoms with Crippen LogP contribution in [0.4, 0.5) is 0 Å². The number of hydrogen-bond acceptors (Lipinski definition) is 5. The van der Waals surface area contributed by atoms with Gasteiger partial charge in [-0.25, -0.2) is 0 Å². The Balaban J connectivity index is 1.37. The third kappa shape index (κ3) is 3.97. The Kier molecular flexibility index (Phi) is 5.62. The topological polar surface area (TPSA) is 68.2 Å². The van der Waals surface area contributed by atoms with E-state index in [1.165, 1.54) is 0 Å². The first kappa shape index (κ1) is 21.6.